The highest BCUT2D eigenvalue weighted by Crippen LogP contribution is 2.39. The molecule has 0 saturated heterocycles. The van der Waals surface area contributed by atoms with E-state index in [0.29, 0.717) is 11.6 Å². The average Bonchev–Trinajstić information content (AvgIpc) is 2.97. The van der Waals surface area contributed by atoms with Gasteiger partial charge in [-0.1, -0.05) is 56.3 Å². The average molecular weight is 389 g/mol. The molecule has 28 heavy (non-hydrogen) atoms. The van der Waals surface area contributed by atoms with Crippen LogP contribution in [0, 0.1) is 6.92 Å². The van der Waals surface area contributed by atoms with E-state index in [2.05, 4.69) is 0 Å². The Hall–Kier alpha value is -2.53. The van der Waals surface area contributed by atoms with Gasteiger partial charge in [0.25, 0.3) is 0 Å². The number of hydrogen-bond donors (Lipinski definition) is 0. The van der Waals surface area contributed by atoms with Crippen molar-refractivity contribution in [2.24, 2.45) is 0 Å². The molecule has 150 valence electrons. The van der Waals surface area contributed by atoms with Crippen LogP contribution in [0.1, 0.15) is 31.9 Å². The maximum absolute atomic E-state index is 13.0. The van der Waals surface area contributed by atoms with Gasteiger partial charge in [-0.3, -0.25) is 0 Å². The van der Waals surface area contributed by atoms with Crippen LogP contribution in [0.3, 0.4) is 0 Å². The summed E-state index contributed by atoms with van der Waals surface area (Å²) in [5.41, 5.74) is 4.24. The van der Waals surface area contributed by atoms with Crippen molar-refractivity contribution in [3.63, 3.8) is 0 Å². The molecule has 0 aliphatic rings. The molecule has 0 fully saturated rings. The smallest absolute Gasteiger partial charge is 0.364 e. The molecule has 3 aromatic rings. The second-order valence-electron chi connectivity index (χ2n) is 6.33. The van der Waals surface area contributed by atoms with Crippen LogP contribution in [0.4, 0.5) is 13.2 Å². The van der Waals surface area contributed by atoms with Gasteiger partial charge in [-0.2, -0.15) is 13.2 Å². The Kier molecular flexibility index (Phi) is 7.08. The van der Waals surface area contributed by atoms with E-state index in [0.717, 1.165) is 27.7 Å². The molecular weight excluding hydrogens is 363 g/mol. The zero-order valence-corrected chi connectivity index (χ0v) is 16.9. The number of alkyl halides is 3. The van der Waals surface area contributed by atoms with Gasteiger partial charge in [-0.05, 0) is 36.6 Å². The van der Waals surface area contributed by atoms with Crippen molar-refractivity contribution in [2.45, 2.75) is 40.6 Å². The summed E-state index contributed by atoms with van der Waals surface area (Å²) in [7, 11) is 1.58. The summed E-state index contributed by atoms with van der Waals surface area (Å²) in [6.07, 6.45) is -4.01. The Morgan fingerprint density at radius 2 is 1.71 bits per heavy atom. The lowest BCUT2D eigenvalue weighted by Gasteiger charge is -2.13. The van der Waals surface area contributed by atoms with Crippen LogP contribution in [-0.2, 0) is 11.5 Å². The third-order valence-electron chi connectivity index (χ3n) is 4.30. The molecule has 0 radical (unpaired) electrons. The first-order valence-corrected chi connectivity index (χ1v) is 9.25. The van der Waals surface area contributed by atoms with Gasteiger partial charge >= 0.3 is 6.18 Å². The lowest BCUT2D eigenvalue weighted by Crippen LogP contribution is -2.04. The zero-order chi connectivity index (χ0) is 20.9. The molecule has 3 rings (SSSR count). The van der Waals surface area contributed by atoms with Gasteiger partial charge in [0.15, 0.2) is 0 Å². The summed E-state index contributed by atoms with van der Waals surface area (Å²) in [5.74, 6) is 0. The molecule has 2 aromatic carbocycles. The fourth-order valence-electron chi connectivity index (χ4n) is 3.34. The molecule has 5 heteroatoms. The minimum Gasteiger partial charge on any atom is -0.364 e. The minimum absolute atomic E-state index is 0.181. The van der Waals surface area contributed by atoms with Gasteiger partial charge in [0.05, 0.1) is 11.2 Å². The fourth-order valence-corrected chi connectivity index (χ4v) is 3.34. The third kappa shape index (κ3) is 4.65. The van der Waals surface area contributed by atoms with Gasteiger partial charge < -0.3 is 9.30 Å². The van der Waals surface area contributed by atoms with E-state index in [4.69, 9.17) is 4.74 Å². The van der Waals surface area contributed by atoms with E-state index in [1.807, 2.05) is 73.9 Å². The maximum atomic E-state index is 13.0. The van der Waals surface area contributed by atoms with Crippen LogP contribution in [-0.4, -0.2) is 17.9 Å². The van der Waals surface area contributed by atoms with Gasteiger partial charge in [0, 0.05) is 24.1 Å². The van der Waals surface area contributed by atoms with Crippen LogP contribution in [0.5, 0.6) is 0 Å². The van der Waals surface area contributed by atoms with Crippen molar-refractivity contribution >= 4 is 16.5 Å². The van der Waals surface area contributed by atoms with E-state index in [1.165, 1.54) is 6.92 Å². The molecule has 0 amide bonds. The first-order chi connectivity index (χ1) is 13.3. The standard InChI is InChI=1S/C21H20F3NO.C2H6/c1-14-9-10-17-18(11-14)25(13-26-3)20(16-7-5-4-6-8-16)19(17)15(2)12-21(22,23)24;1-2/h4-12H,13H2,1-3H3;1-2H3/b15-12+;. The number of benzene rings is 2. The van der Waals surface area contributed by atoms with E-state index in [1.54, 1.807) is 7.11 Å². The predicted molar refractivity (Wildman–Crippen MR) is 110 cm³/mol. The summed E-state index contributed by atoms with van der Waals surface area (Å²) in [4.78, 5) is 0. The molecule has 0 aliphatic carbocycles. The third-order valence-corrected chi connectivity index (χ3v) is 4.30. The van der Waals surface area contributed by atoms with E-state index >= 15 is 0 Å². The van der Waals surface area contributed by atoms with Crippen molar-refractivity contribution in [3.05, 3.63) is 65.7 Å². The molecule has 0 saturated carbocycles. The Labute approximate surface area is 164 Å². The van der Waals surface area contributed by atoms with Crippen molar-refractivity contribution in [1.29, 1.82) is 0 Å². The Morgan fingerprint density at radius 3 is 2.29 bits per heavy atom. The Balaban J connectivity index is 0.00000136. The topological polar surface area (TPSA) is 14.2 Å². The number of aromatic nitrogens is 1. The predicted octanol–water partition coefficient (Wildman–Crippen LogP) is 7.21. The summed E-state index contributed by atoms with van der Waals surface area (Å²) < 4.78 is 46.4. The SMILES string of the molecule is CC.COCn1c(-c2ccccc2)c(/C(C)=C/C(F)(F)F)c2ccc(C)cc21. The number of ether oxygens (including phenoxy) is 1. The molecule has 0 unspecified atom stereocenters. The van der Waals surface area contributed by atoms with Crippen LogP contribution in [0.15, 0.2) is 54.6 Å². The number of methoxy groups -OCH3 is 1. The second kappa shape index (κ2) is 9.11. The Morgan fingerprint density at radius 1 is 1.07 bits per heavy atom. The van der Waals surface area contributed by atoms with E-state index in [-0.39, 0.29) is 12.3 Å². The van der Waals surface area contributed by atoms with Gasteiger partial charge in [0.2, 0.25) is 0 Å². The van der Waals surface area contributed by atoms with Crippen molar-refractivity contribution in [3.8, 4) is 11.3 Å². The first-order valence-electron chi connectivity index (χ1n) is 9.25. The quantitative estimate of drug-likeness (QED) is 0.460. The van der Waals surface area contributed by atoms with Gasteiger partial charge in [-0.15, -0.1) is 0 Å². The van der Waals surface area contributed by atoms with Crippen LogP contribution in [0.2, 0.25) is 0 Å². The van der Waals surface area contributed by atoms with E-state index in [9.17, 15) is 13.2 Å². The summed E-state index contributed by atoms with van der Waals surface area (Å²) in [6.45, 7) is 7.72. The van der Waals surface area contributed by atoms with Gasteiger partial charge in [0.1, 0.15) is 6.73 Å². The summed E-state index contributed by atoms with van der Waals surface area (Å²) in [5, 5.41) is 0.782. The molecule has 0 spiro atoms. The fraction of sp³-hybridized carbons (Fsp3) is 0.304. The number of nitrogens with zero attached hydrogens (tertiary/aromatic N) is 1. The number of rotatable bonds is 4. The summed E-state index contributed by atoms with van der Waals surface area (Å²) >= 11 is 0. The van der Waals surface area contributed by atoms with Crippen molar-refractivity contribution in [2.75, 3.05) is 7.11 Å². The van der Waals surface area contributed by atoms with Gasteiger partial charge in [-0.25, -0.2) is 0 Å². The van der Waals surface area contributed by atoms with Crippen LogP contribution < -0.4 is 0 Å². The lowest BCUT2D eigenvalue weighted by molar-refractivity contribution is -0.0793. The molecule has 0 N–H and O–H groups in total. The van der Waals surface area contributed by atoms with E-state index < -0.39 is 6.18 Å². The minimum atomic E-state index is -4.38. The van der Waals surface area contributed by atoms with Crippen molar-refractivity contribution < 1.29 is 17.9 Å². The van der Waals surface area contributed by atoms with Crippen LogP contribution in [0.25, 0.3) is 27.7 Å². The number of halogens is 3. The molecule has 1 heterocycles. The molecule has 2 nitrogen and oxygen atoms in total. The highest BCUT2D eigenvalue weighted by Gasteiger charge is 2.27. The lowest BCUT2D eigenvalue weighted by atomic mass is 9.98. The second-order valence-corrected chi connectivity index (χ2v) is 6.33. The maximum Gasteiger partial charge on any atom is 0.410 e. The first kappa shape index (κ1) is 21.8. The summed E-state index contributed by atoms with van der Waals surface area (Å²) in [6, 6.07) is 15.2. The number of aryl methyl sites for hydroxylation is 1. The monoisotopic (exact) mass is 389 g/mol. The number of fused-ring (bicyclic) bond motifs is 1. The molecular formula is C23H26F3NO. The normalized spacial score (nSPS) is 12.1. The molecule has 0 atom stereocenters. The number of hydrogen-bond acceptors (Lipinski definition) is 1. The molecule has 1 aromatic heterocycles. The highest BCUT2D eigenvalue weighted by molar-refractivity contribution is 6.00. The molecule has 0 bridgehead atoms. The van der Waals surface area contributed by atoms with Crippen molar-refractivity contribution in [1.82, 2.24) is 4.57 Å². The zero-order valence-electron chi connectivity index (χ0n) is 16.9. The van der Waals surface area contributed by atoms with Crippen LogP contribution >= 0.6 is 0 Å². The highest BCUT2D eigenvalue weighted by atomic mass is 19.4. The number of allylic oxidation sites excluding steroid dienone is 2. The largest absolute Gasteiger partial charge is 0.410 e. The Bertz CT molecular complexity index is 953. The molecule has 0 aliphatic heterocycles.